The molecule has 1 aromatic carbocycles. The monoisotopic (exact) mass is 372 g/mol. The van der Waals surface area contributed by atoms with Gasteiger partial charge in [-0.2, -0.15) is 4.98 Å². The highest BCUT2D eigenvalue weighted by Gasteiger charge is 2.21. The Hall–Kier alpha value is -3.49. The number of hydrogen-bond acceptors (Lipinski definition) is 8. The van der Waals surface area contributed by atoms with Crippen molar-refractivity contribution in [1.82, 2.24) is 4.98 Å². The number of amides is 1. The van der Waals surface area contributed by atoms with E-state index in [1.165, 1.54) is 6.07 Å². The molecule has 0 radical (unpaired) electrons. The Morgan fingerprint density at radius 2 is 2.04 bits per heavy atom. The molecule has 3 rings (SSSR count). The van der Waals surface area contributed by atoms with Crippen molar-refractivity contribution in [2.75, 3.05) is 38.5 Å². The Morgan fingerprint density at radius 1 is 1.26 bits per heavy atom. The number of aromatic nitrogens is 1. The maximum Gasteiger partial charge on any atom is 0.412 e. The molecule has 0 unspecified atom stereocenters. The van der Waals surface area contributed by atoms with Gasteiger partial charge in [0.05, 0.1) is 32.2 Å². The fourth-order valence-electron chi connectivity index (χ4n) is 2.55. The Bertz CT molecular complexity index is 898. The van der Waals surface area contributed by atoms with E-state index in [2.05, 4.69) is 15.3 Å². The summed E-state index contributed by atoms with van der Waals surface area (Å²) in [6, 6.07) is 6.96. The molecule has 1 amide bonds. The second-order valence-corrected chi connectivity index (χ2v) is 5.51. The lowest BCUT2D eigenvalue weighted by Gasteiger charge is -2.19. The quantitative estimate of drug-likeness (QED) is 0.828. The van der Waals surface area contributed by atoms with Gasteiger partial charge < -0.3 is 24.7 Å². The summed E-state index contributed by atoms with van der Waals surface area (Å²) in [5, 5.41) is 2.49. The number of fused-ring (bicyclic) bond motifs is 1. The summed E-state index contributed by atoms with van der Waals surface area (Å²) in [4.78, 5) is 20.3. The molecule has 0 saturated carbocycles. The van der Waals surface area contributed by atoms with Gasteiger partial charge in [-0.25, -0.2) is 9.79 Å². The first-order valence-electron chi connectivity index (χ1n) is 8.22. The largest absolute Gasteiger partial charge is 0.493 e. The van der Waals surface area contributed by atoms with E-state index in [4.69, 9.17) is 24.7 Å². The van der Waals surface area contributed by atoms with E-state index in [1.54, 1.807) is 27.2 Å². The molecule has 142 valence electrons. The molecule has 0 fully saturated rings. The van der Waals surface area contributed by atoms with E-state index in [1.807, 2.05) is 12.1 Å². The molecule has 0 saturated heterocycles. The predicted octanol–water partition coefficient (Wildman–Crippen LogP) is 2.76. The summed E-state index contributed by atoms with van der Waals surface area (Å²) >= 11 is 0. The minimum Gasteiger partial charge on any atom is -0.493 e. The summed E-state index contributed by atoms with van der Waals surface area (Å²) in [7, 11) is 3.14. The Balaban J connectivity index is 1.91. The number of ether oxygens (including phenoxy) is 4. The normalized spacial score (nSPS) is 12.3. The zero-order chi connectivity index (χ0) is 19.4. The molecule has 0 atom stereocenters. The van der Waals surface area contributed by atoms with Crippen LogP contribution in [0.5, 0.6) is 17.4 Å². The molecule has 3 N–H and O–H groups in total. The Morgan fingerprint density at radius 3 is 2.74 bits per heavy atom. The molecular formula is C18H20N4O5. The zero-order valence-electron chi connectivity index (χ0n) is 15.2. The van der Waals surface area contributed by atoms with Crippen molar-refractivity contribution in [3.63, 3.8) is 0 Å². The van der Waals surface area contributed by atoms with Crippen molar-refractivity contribution >= 4 is 29.0 Å². The smallest absolute Gasteiger partial charge is 0.412 e. The number of nitrogens with two attached hydrogens (primary N) is 1. The van der Waals surface area contributed by atoms with Gasteiger partial charge in [-0.3, -0.25) is 5.32 Å². The van der Waals surface area contributed by atoms with E-state index >= 15 is 0 Å². The number of rotatable bonds is 5. The van der Waals surface area contributed by atoms with E-state index < -0.39 is 6.09 Å². The van der Waals surface area contributed by atoms with E-state index in [9.17, 15) is 4.79 Å². The lowest BCUT2D eigenvalue weighted by atomic mass is 10.1. The van der Waals surface area contributed by atoms with Gasteiger partial charge in [0, 0.05) is 11.6 Å². The Labute approximate surface area is 156 Å². The number of pyridine rings is 1. The zero-order valence-corrected chi connectivity index (χ0v) is 15.2. The summed E-state index contributed by atoms with van der Waals surface area (Å²) in [5.74, 6) is 1.68. The number of methoxy groups -OCH3 is 2. The maximum absolute atomic E-state index is 11.5. The number of benzene rings is 1. The maximum atomic E-state index is 11.5. The highest BCUT2D eigenvalue weighted by Crippen LogP contribution is 2.38. The second kappa shape index (κ2) is 7.81. The van der Waals surface area contributed by atoms with Crippen LogP contribution in [0.2, 0.25) is 0 Å². The standard InChI is InChI=1S/C18H20N4O5/c1-4-26-18(23)22-15-8-11(19)16-17(21-15)27-9-12(20-16)10-5-6-13(24-2)14(7-10)25-3/h5-8H,4,9H2,1-3H3,(H3,19,21,22,23). The molecule has 2 heterocycles. The number of nitrogens with zero attached hydrogens (tertiary/aromatic N) is 2. The van der Waals surface area contributed by atoms with Gasteiger partial charge in [0.25, 0.3) is 0 Å². The van der Waals surface area contributed by atoms with Gasteiger partial charge in [-0.05, 0) is 25.1 Å². The van der Waals surface area contributed by atoms with Crippen LogP contribution in [0, 0.1) is 0 Å². The fraction of sp³-hybridized carbons (Fsp3) is 0.278. The molecule has 0 spiro atoms. The lowest BCUT2D eigenvalue weighted by Crippen LogP contribution is -2.19. The molecular weight excluding hydrogens is 352 g/mol. The topological polar surface area (TPSA) is 117 Å². The first-order chi connectivity index (χ1) is 13.0. The van der Waals surface area contributed by atoms with Crippen molar-refractivity contribution < 1.29 is 23.7 Å². The molecule has 9 heteroatoms. The average Bonchev–Trinajstić information content (AvgIpc) is 2.67. The van der Waals surface area contributed by atoms with Crippen LogP contribution in [0.1, 0.15) is 12.5 Å². The number of aliphatic imine (C=N–C) groups is 1. The van der Waals surface area contributed by atoms with Gasteiger partial charge in [-0.1, -0.05) is 0 Å². The number of nitrogens with one attached hydrogen (secondary N) is 1. The van der Waals surface area contributed by atoms with Crippen molar-refractivity contribution in [2.45, 2.75) is 6.92 Å². The minimum atomic E-state index is -0.616. The number of nitrogen functional groups attached to an aromatic ring is 1. The predicted molar refractivity (Wildman–Crippen MR) is 101 cm³/mol. The molecule has 0 bridgehead atoms. The number of carbonyl (C=O) groups is 1. The van der Waals surface area contributed by atoms with Crippen molar-refractivity contribution in [2.24, 2.45) is 4.99 Å². The SMILES string of the molecule is CCOC(=O)Nc1cc(N)c2c(n1)OCC(c1ccc(OC)c(OC)c1)=N2. The third-order valence-electron chi connectivity index (χ3n) is 3.80. The molecule has 2 aromatic rings. The third-order valence-corrected chi connectivity index (χ3v) is 3.80. The molecule has 9 nitrogen and oxygen atoms in total. The van der Waals surface area contributed by atoms with Crippen molar-refractivity contribution in [3.05, 3.63) is 29.8 Å². The van der Waals surface area contributed by atoms with Gasteiger partial charge in [0.1, 0.15) is 18.1 Å². The first kappa shape index (κ1) is 18.3. The number of anilines is 2. The van der Waals surface area contributed by atoms with Gasteiger partial charge in [0.2, 0.25) is 5.88 Å². The average molecular weight is 372 g/mol. The van der Waals surface area contributed by atoms with Gasteiger partial charge in [-0.15, -0.1) is 0 Å². The van der Waals surface area contributed by atoms with Crippen LogP contribution in [-0.4, -0.2) is 44.2 Å². The van der Waals surface area contributed by atoms with Crippen LogP contribution >= 0.6 is 0 Å². The van der Waals surface area contributed by atoms with Crippen LogP contribution in [0.3, 0.4) is 0 Å². The van der Waals surface area contributed by atoms with Gasteiger partial charge in [0.15, 0.2) is 11.5 Å². The van der Waals surface area contributed by atoms with Crippen molar-refractivity contribution in [1.29, 1.82) is 0 Å². The molecule has 0 aliphatic carbocycles. The van der Waals surface area contributed by atoms with Crippen LogP contribution in [0.25, 0.3) is 0 Å². The summed E-state index contributed by atoms with van der Waals surface area (Å²) < 4.78 is 21.1. The third kappa shape index (κ3) is 3.86. The summed E-state index contributed by atoms with van der Waals surface area (Å²) in [6.45, 7) is 2.15. The molecule has 1 aliphatic heterocycles. The van der Waals surface area contributed by atoms with E-state index in [-0.39, 0.29) is 24.9 Å². The van der Waals surface area contributed by atoms with Gasteiger partial charge >= 0.3 is 6.09 Å². The highest BCUT2D eigenvalue weighted by atomic mass is 16.5. The van der Waals surface area contributed by atoms with Crippen molar-refractivity contribution in [3.8, 4) is 17.4 Å². The molecule has 27 heavy (non-hydrogen) atoms. The fourth-order valence-corrected chi connectivity index (χ4v) is 2.55. The lowest BCUT2D eigenvalue weighted by molar-refractivity contribution is 0.168. The first-order valence-corrected chi connectivity index (χ1v) is 8.22. The molecule has 1 aromatic heterocycles. The number of hydrogen-bond donors (Lipinski definition) is 2. The van der Waals surface area contributed by atoms with Crippen LogP contribution in [0.15, 0.2) is 29.3 Å². The minimum absolute atomic E-state index is 0.192. The second-order valence-electron chi connectivity index (χ2n) is 5.51. The molecule has 1 aliphatic rings. The summed E-state index contributed by atoms with van der Waals surface area (Å²) in [5.41, 5.74) is 8.28. The van der Waals surface area contributed by atoms with Crippen LogP contribution < -0.4 is 25.3 Å². The van der Waals surface area contributed by atoms with Crippen LogP contribution in [-0.2, 0) is 4.74 Å². The van der Waals surface area contributed by atoms with E-state index in [0.29, 0.717) is 28.6 Å². The Kier molecular flexibility index (Phi) is 5.30. The number of carbonyl (C=O) groups excluding carboxylic acids is 1. The highest BCUT2D eigenvalue weighted by molar-refractivity contribution is 6.05. The van der Waals surface area contributed by atoms with Crippen LogP contribution in [0.4, 0.5) is 22.0 Å². The van der Waals surface area contributed by atoms with E-state index in [0.717, 1.165) is 5.56 Å². The summed E-state index contributed by atoms with van der Waals surface area (Å²) in [6.07, 6.45) is -0.616.